The van der Waals surface area contributed by atoms with E-state index < -0.39 is 0 Å². The lowest BCUT2D eigenvalue weighted by Crippen LogP contribution is -2.33. The van der Waals surface area contributed by atoms with Crippen molar-refractivity contribution in [2.45, 2.75) is 11.7 Å². The van der Waals surface area contributed by atoms with E-state index in [4.69, 9.17) is 9.68 Å². The highest BCUT2D eigenvalue weighted by atomic mass is 32.2. The van der Waals surface area contributed by atoms with Crippen LogP contribution in [-0.4, -0.2) is 29.6 Å². The molecule has 1 aliphatic rings. The highest BCUT2D eigenvalue weighted by Crippen LogP contribution is 2.34. The predicted octanol–water partition coefficient (Wildman–Crippen LogP) is 3.47. The molecule has 112 valence electrons. The van der Waals surface area contributed by atoms with Gasteiger partial charge in [-0.1, -0.05) is 6.07 Å². The van der Waals surface area contributed by atoms with Gasteiger partial charge in [-0.25, -0.2) is 0 Å². The van der Waals surface area contributed by atoms with Crippen LogP contribution in [-0.2, 0) is 0 Å². The van der Waals surface area contributed by atoms with Crippen molar-refractivity contribution in [3.8, 4) is 6.07 Å². The third-order valence-electron chi connectivity index (χ3n) is 3.73. The van der Waals surface area contributed by atoms with E-state index in [9.17, 15) is 4.79 Å². The Morgan fingerprint density at radius 2 is 2.23 bits per heavy atom. The molecule has 1 amide bonds. The highest BCUT2D eigenvalue weighted by Gasteiger charge is 2.24. The molecular formula is C17H16N2O2S. The van der Waals surface area contributed by atoms with Gasteiger partial charge in [0.05, 0.1) is 23.1 Å². The third-order valence-corrected chi connectivity index (χ3v) is 5.02. The van der Waals surface area contributed by atoms with Gasteiger partial charge in [-0.15, -0.1) is 11.8 Å². The number of hydrogen-bond acceptors (Lipinski definition) is 4. The van der Waals surface area contributed by atoms with E-state index in [0.717, 1.165) is 24.5 Å². The predicted molar refractivity (Wildman–Crippen MR) is 85.6 cm³/mol. The van der Waals surface area contributed by atoms with Gasteiger partial charge in [-0.05, 0) is 36.8 Å². The second-order valence-corrected chi connectivity index (χ2v) is 6.46. The van der Waals surface area contributed by atoms with Crippen LogP contribution in [0.15, 0.2) is 47.1 Å². The fraction of sp³-hybridized carbons (Fsp3) is 0.294. The molecule has 4 nitrogen and oxygen atoms in total. The van der Waals surface area contributed by atoms with Gasteiger partial charge in [0.25, 0.3) is 5.91 Å². The Labute approximate surface area is 133 Å². The molecule has 0 saturated carbocycles. The lowest BCUT2D eigenvalue weighted by Gasteiger charge is -2.20. The molecule has 2 aromatic rings. The van der Waals surface area contributed by atoms with Gasteiger partial charge in [0.15, 0.2) is 0 Å². The van der Waals surface area contributed by atoms with Crippen LogP contribution >= 0.6 is 11.8 Å². The number of carbonyl (C=O) groups excluding carboxylic acids is 1. The first kappa shape index (κ1) is 14.7. The summed E-state index contributed by atoms with van der Waals surface area (Å²) in [5.41, 5.74) is 1.10. The van der Waals surface area contributed by atoms with E-state index >= 15 is 0 Å². The van der Waals surface area contributed by atoms with E-state index in [0.29, 0.717) is 22.9 Å². The maximum absolute atomic E-state index is 12.6. The molecule has 1 atom stereocenters. The van der Waals surface area contributed by atoms with Gasteiger partial charge in [-0.2, -0.15) is 5.26 Å². The van der Waals surface area contributed by atoms with Crippen LogP contribution in [0.1, 0.15) is 33.4 Å². The maximum atomic E-state index is 12.6. The SMILES string of the molecule is N#Cc1cccc(C(=O)N2CCSC(c3ccco3)CC2)c1. The van der Waals surface area contributed by atoms with Crippen LogP contribution in [0.5, 0.6) is 0 Å². The van der Waals surface area contributed by atoms with Crippen LogP contribution in [0, 0.1) is 11.3 Å². The molecule has 1 saturated heterocycles. The van der Waals surface area contributed by atoms with Gasteiger partial charge in [0.1, 0.15) is 5.76 Å². The second kappa shape index (κ2) is 6.71. The van der Waals surface area contributed by atoms with Crippen LogP contribution in [0.2, 0.25) is 0 Å². The molecule has 0 bridgehead atoms. The first-order chi connectivity index (χ1) is 10.8. The zero-order valence-corrected chi connectivity index (χ0v) is 12.9. The maximum Gasteiger partial charge on any atom is 0.253 e. The summed E-state index contributed by atoms with van der Waals surface area (Å²) >= 11 is 1.83. The van der Waals surface area contributed by atoms with E-state index in [1.54, 1.807) is 30.5 Å². The van der Waals surface area contributed by atoms with E-state index in [1.807, 2.05) is 28.8 Å². The molecule has 3 rings (SSSR count). The number of thioether (sulfide) groups is 1. The fourth-order valence-corrected chi connectivity index (χ4v) is 3.76. The number of rotatable bonds is 2. The van der Waals surface area contributed by atoms with Gasteiger partial charge < -0.3 is 9.32 Å². The van der Waals surface area contributed by atoms with Crippen LogP contribution in [0.25, 0.3) is 0 Å². The zero-order chi connectivity index (χ0) is 15.4. The minimum absolute atomic E-state index is 0.00204. The molecule has 0 aliphatic carbocycles. The van der Waals surface area contributed by atoms with Gasteiger partial charge in [-0.3, -0.25) is 4.79 Å². The van der Waals surface area contributed by atoms with Gasteiger partial charge in [0.2, 0.25) is 0 Å². The standard InChI is InChI=1S/C17H16N2O2S/c18-12-13-3-1-4-14(11-13)17(20)19-7-6-16(22-10-8-19)15-5-2-9-21-15/h1-5,9,11,16H,6-8,10H2. The van der Waals surface area contributed by atoms with Crippen molar-refractivity contribution in [2.24, 2.45) is 0 Å². The smallest absolute Gasteiger partial charge is 0.253 e. The number of nitriles is 1. The monoisotopic (exact) mass is 312 g/mol. The summed E-state index contributed by atoms with van der Waals surface area (Å²) < 4.78 is 5.48. The minimum Gasteiger partial charge on any atom is -0.468 e. The van der Waals surface area contributed by atoms with Crippen molar-refractivity contribution < 1.29 is 9.21 Å². The Kier molecular flexibility index (Phi) is 4.50. The van der Waals surface area contributed by atoms with Crippen molar-refractivity contribution in [3.63, 3.8) is 0 Å². The number of amides is 1. The molecule has 1 aliphatic heterocycles. The molecule has 22 heavy (non-hydrogen) atoms. The van der Waals surface area contributed by atoms with Crippen LogP contribution in [0.4, 0.5) is 0 Å². The molecule has 0 spiro atoms. The average Bonchev–Trinajstić information content (AvgIpc) is 2.99. The summed E-state index contributed by atoms with van der Waals surface area (Å²) in [7, 11) is 0. The lowest BCUT2D eigenvalue weighted by atomic mass is 10.1. The Bertz CT molecular complexity index is 691. The van der Waals surface area contributed by atoms with E-state index in [1.165, 1.54) is 0 Å². The highest BCUT2D eigenvalue weighted by molar-refractivity contribution is 7.99. The molecule has 0 radical (unpaired) electrons. The number of nitrogens with zero attached hydrogens (tertiary/aromatic N) is 2. The average molecular weight is 312 g/mol. The normalized spacial score (nSPS) is 18.5. The van der Waals surface area contributed by atoms with Crippen LogP contribution < -0.4 is 0 Å². The molecule has 5 heteroatoms. The van der Waals surface area contributed by atoms with Crippen LogP contribution in [0.3, 0.4) is 0 Å². The molecular weight excluding hydrogens is 296 g/mol. The van der Waals surface area contributed by atoms with E-state index in [2.05, 4.69) is 6.07 Å². The Morgan fingerprint density at radius 1 is 1.32 bits per heavy atom. The molecule has 0 N–H and O–H groups in total. The van der Waals surface area contributed by atoms with Gasteiger partial charge in [0, 0.05) is 24.4 Å². The first-order valence-electron chi connectivity index (χ1n) is 7.22. The number of carbonyl (C=O) groups is 1. The fourth-order valence-electron chi connectivity index (χ4n) is 2.58. The Morgan fingerprint density at radius 3 is 3.00 bits per heavy atom. The summed E-state index contributed by atoms with van der Waals surface area (Å²) in [6.07, 6.45) is 2.57. The molecule has 1 unspecified atom stereocenters. The quantitative estimate of drug-likeness (QED) is 0.852. The Balaban J connectivity index is 1.70. The summed E-state index contributed by atoms with van der Waals surface area (Å²) in [6.45, 7) is 1.42. The van der Waals surface area contributed by atoms with Crippen molar-refractivity contribution in [2.75, 3.05) is 18.8 Å². The topological polar surface area (TPSA) is 57.2 Å². The minimum atomic E-state index is -0.00204. The summed E-state index contributed by atoms with van der Waals surface area (Å²) in [5.74, 6) is 1.86. The lowest BCUT2D eigenvalue weighted by molar-refractivity contribution is 0.0766. The van der Waals surface area contributed by atoms with Crippen molar-refractivity contribution in [3.05, 3.63) is 59.5 Å². The Hall–Kier alpha value is -2.19. The number of furan rings is 1. The molecule has 1 aromatic heterocycles. The van der Waals surface area contributed by atoms with E-state index in [-0.39, 0.29) is 5.91 Å². The first-order valence-corrected chi connectivity index (χ1v) is 8.27. The van der Waals surface area contributed by atoms with Crippen molar-refractivity contribution in [1.82, 2.24) is 4.90 Å². The number of benzene rings is 1. The molecule has 2 heterocycles. The zero-order valence-electron chi connectivity index (χ0n) is 12.1. The largest absolute Gasteiger partial charge is 0.468 e. The van der Waals surface area contributed by atoms with Gasteiger partial charge >= 0.3 is 0 Å². The molecule has 1 aromatic carbocycles. The van der Waals surface area contributed by atoms with Crippen molar-refractivity contribution >= 4 is 17.7 Å². The molecule has 1 fully saturated rings. The summed E-state index contributed by atoms with van der Waals surface area (Å²) in [4.78, 5) is 14.5. The third kappa shape index (κ3) is 3.18. The summed E-state index contributed by atoms with van der Waals surface area (Å²) in [6, 6.07) is 12.9. The van der Waals surface area contributed by atoms with Crippen molar-refractivity contribution in [1.29, 1.82) is 5.26 Å². The second-order valence-electron chi connectivity index (χ2n) is 5.15. The summed E-state index contributed by atoms with van der Waals surface area (Å²) in [5, 5.41) is 9.25. The number of hydrogen-bond donors (Lipinski definition) is 0.